The van der Waals surface area contributed by atoms with Gasteiger partial charge < -0.3 is 20.1 Å². The van der Waals surface area contributed by atoms with Crippen molar-refractivity contribution in [3.8, 4) is 11.5 Å². The van der Waals surface area contributed by atoms with E-state index in [-0.39, 0.29) is 0 Å². The van der Waals surface area contributed by atoms with Gasteiger partial charge in [-0.15, -0.1) is 0 Å². The third kappa shape index (κ3) is 4.60. The van der Waals surface area contributed by atoms with Crippen LogP contribution in [0, 0.1) is 0 Å². The van der Waals surface area contributed by atoms with Crippen molar-refractivity contribution in [3.05, 3.63) is 66.1 Å². The van der Waals surface area contributed by atoms with Crippen LogP contribution in [0.15, 0.2) is 55.0 Å². The van der Waals surface area contributed by atoms with Gasteiger partial charge in [0.15, 0.2) is 11.5 Å². The third-order valence-corrected chi connectivity index (χ3v) is 3.75. The Hall–Kier alpha value is -3.35. The molecule has 7 nitrogen and oxygen atoms in total. The highest BCUT2D eigenvalue weighted by Gasteiger charge is 2.05. The fourth-order valence-corrected chi connectivity index (χ4v) is 2.41. The first-order valence-corrected chi connectivity index (χ1v) is 8.19. The highest BCUT2D eigenvalue weighted by Crippen LogP contribution is 2.27. The number of hydrogen-bond donors (Lipinski definition) is 2. The third-order valence-electron chi connectivity index (χ3n) is 3.75. The molecule has 7 heteroatoms. The lowest BCUT2D eigenvalue weighted by Crippen LogP contribution is -2.07. The van der Waals surface area contributed by atoms with Crippen LogP contribution in [0.5, 0.6) is 11.5 Å². The number of pyridine rings is 1. The van der Waals surface area contributed by atoms with Crippen molar-refractivity contribution in [3.63, 3.8) is 0 Å². The van der Waals surface area contributed by atoms with Gasteiger partial charge in [-0.3, -0.25) is 4.98 Å². The molecule has 0 saturated heterocycles. The maximum Gasteiger partial charge on any atom is 0.224 e. The van der Waals surface area contributed by atoms with Gasteiger partial charge in [-0.1, -0.05) is 12.1 Å². The van der Waals surface area contributed by atoms with Crippen molar-refractivity contribution in [2.45, 2.75) is 13.1 Å². The normalized spacial score (nSPS) is 10.2. The lowest BCUT2D eigenvalue weighted by atomic mass is 10.2. The fraction of sp³-hybridized carbons (Fsp3) is 0.211. The Morgan fingerprint density at radius 1 is 0.885 bits per heavy atom. The van der Waals surface area contributed by atoms with Crippen molar-refractivity contribution in [2.24, 2.45) is 0 Å². The standard InChI is InChI=1S/C19H21N5O2/c1-25-16-6-5-14(10-17(16)26-2)12-23-19-21-9-7-18(24-19)22-13-15-4-3-8-20-11-15/h3-11H,12-13H2,1-2H3,(H2,21,22,23,24). The minimum atomic E-state index is 0.552. The molecule has 0 bridgehead atoms. The van der Waals surface area contributed by atoms with Gasteiger partial charge in [-0.2, -0.15) is 4.98 Å². The largest absolute Gasteiger partial charge is 0.493 e. The second-order valence-corrected chi connectivity index (χ2v) is 5.52. The van der Waals surface area contributed by atoms with Gasteiger partial charge in [0, 0.05) is 31.7 Å². The van der Waals surface area contributed by atoms with Gasteiger partial charge in [0.1, 0.15) is 5.82 Å². The van der Waals surface area contributed by atoms with Gasteiger partial charge in [-0.25, -0.2) is 4.98 Å². The Morgan fingerprint density at radius 2 is 1.73 bits per heavy atom. The van der Waals surface area contributed by atoms with E-state index in [2.05, 4.69) is 25.6 Å². The number of ether oxygens (including phenoxy) is 2. The van der Waals surface area contributed by atoms with E-state index in [0.29, 0.717) is 30.5 Å². The van der Waals surface area contributed by atoms with E-state index in [9.17, 15) is 0 Å². The second-order valence-electron chi connectivity index (χ2n) is 5.52. The molecule has 0 aliphatic rings. The lowest BCUT2D eigenvalue weighted by molar-refractivity contribution is 0.354. The van der Waals surface area contributed by atoms with Crippen LogP contribution in [0.2, 0.25) is 0 Å². The topological polar surface area (TPSA) is 81.2 Å². The number of nitrogens with zero attached hydrogens (tertiary/aromatic N) is 3. The molecule has 2 N–H and O–H groups in total. The SMILES string of the molecule is COc1ccc(CNc2nccc(NCc3cccnc3)n2)cc1OC. The molecule has 0 radical (unpaired) electrons. The van der Waals surface area contributed by atoms with E-state index >= 15 is 0 Å². The number of methoxy groups -OCH3 is 2. The molecule has 26 heavy (non-hydrogen) atoms. The quantitative estimate of drug-likeness (QED) is 0.645. The zero-order chi connectivity index (χ0) is 18.2. The molecule has 2 aromatic heterocycles. The molecule has 0 amide bonds. The van der Waals surface area contributed by atoms with Gasteiger partial charge >= 0.3 is 0 Å². The van der Waals surface area contributed by atoms with Crippen molar-refractivity contribution < 1.29 is 9.47 Å². The van der Waals surface area contributed by atoms with Crippen molar-refractivity contribution >= 4 is 11.8 Å². The maximum absolute atomic E-state index is 5.32. The van der Waals surface area contributed by atoms with E-state index in [1.54, 1.807) is 26.6 Å². The predicted octanol–water partition coefficient (Wildman–Crippen LogP) is 3.11. The number of nitrogens with one attached hydrogen (secondary N) is 2. The molecule has 3 aromatic rings. The van der Waals surface area contributed by atoms with Crippen LogP contribution in [0.3, 0.4) is 0 Å². The molecule has 1 aromatic carbocycles. The van der Waals surface area contributed by atoms with Crippen LogP contribution in [0.1, 0.15) is 11.1 Å². The monoisotopic (exact) mass is 351 g/mol. The summed E-state index contributed by atoms with van der Waals surface area (Å²) < 4.78 is 10.6. The van der Waals surface area contributed by atoms with Gasteiger partial charge in [0.2, 0.25) is 5.95 Å². The number of anilines is 2. The second kappa shape index (κ2) is 8.66. The molecule has 0 spiro atoms. The Morgan fingerprint density at radius 3 is 2.50 bits per heavy atom. The first-order chi connectivity index (χ1) is 12.8. The molecule has 0 aliphatic carbocycles. The number of hydrogen-bond acceptors (Lipinski definition) is 7. The summed E-state index contributed by atoms with van der Waals surface area (Å²) in [5.74, 6) is 2.70. The Balaban J connectivity index is 1.60. The van der Waals surface area contributed by atoms with Crippen molar-refractivity contribution in [1.29, 1.82) is 0 Å². The summed E-state index contributed by atoms with van der Waals surface area (Å²) >= 11 is 0. The van der Waals surface area contributed by atoms with E-state index in [1.807, 2.05) is 42.6 Å². The molecule has 2 heterocycles. The van der Waals surface area contributed by atoms with E-state index < -0.39 is 0 Å². The number of rotatable bonds is 8. The molecule has 0 aliphatic heterocycles. The van der Waals surface area contributed by atoms with Gasteiger partial charge in [0.05, 0.1) is 14.2 Å². The van der Waals surface area contributed by atoms with E-state index in [0.717, 1.165) is 16.9 Å². The van der Waals surface area contributed by atoms with Crippen molar-refractivity contribution in [1.82, 2.24) is 15.0 Å². The smallest absolute Gasteiger partial charge is 0.224 e. The summed E-state index contributed by atoms with van der Waals surface area (Å²) in [4.78, 5) is 12.8. The molecule has 3 rings (SSSR count). The van der Waals surface area contributed by atoms with Crippen LogP contribution in [-0.4, -0.2) is 29.2 Å². The maximum atomic E-state index is 5.32. The molecule has 0 fully saturated rings. The van der Waals surface area contributed by atoms with Gasteiger partial charge in [-0.05, 0) is 35.4 Å². The van der Waals surface area contributed by atoms with Gasteiger partial charge in [0.25, 0.3) is 0 Å². The molecular formula is C19H21N5O2. The van der Waals surface area contributed by atoms with E-state index in [1.165, 1.54) is 0 Å². The summed E-state index contributed by atoms with van der Waals surface area (Å²) in [5, 5.41) is 6.48. The molecule has 0 unspecified atom stereocenters. The number of benzene rings is 1. The zero-order valence-corrected chi connectivity index (χ0v) is 14.8. The molecule has 0 atom stereocenters. The average Bonchev–Trinajstić information content (AvgIpc) is 2.71. The summed E-state index contributed by atoms with van der Waals surface area (Å²) in [6, 6.07) is 11.5. The summed E-state index contributed by atoms with van der Waals surface area (Å²) in [6.45, 7) is 1.23. The van der Waals surface area contributed by atoms with Crippen LogP contribution in [0.4, 0.5) is 11.8 Å². The van der Waals surface area contributed by atoms with Crippen LogP contribution in [-0.2, 0) is 13.1 Å². The fourth-order valence-electron chi connectivity index (χ4n) is 2.41. The first kappa shape index (κ1) is 17.5. The minimum absolute atomic E-state index is 0.552. The highest BCUT2D eigenvalue weighted by molar-refractivity contribution is 5.44. The highest BCUT2D eigenvalue weighted by atomic mass is 16.5. The van der Waals surface area contributed by atoms with Crippen LogP contribution < -0.4 is 20.1 Å². The van der Waals surface area contributed by atoms with Crippen LogP contribution >= 0.6 is 0 Å². The predicted molar refractivity (Wildman–Crippen MR) is 100 cm³/mol. The molecule has 134 valence electrons. The van der Waals surface area contributed by atoms with Crippen molar-refractivity contribution in [2.75, 3.05) is 24.9 Å². The molecule has 0 saturated carbocycles. The minimum Gasteiger partial charge on any atom is -0.493 e. The number of aromatic nitrogens is 3. The Bertz CT molecular complexity index is 842. The van der Waals surface area contributed by atoms with Crippen LogP contribution in [0.25, 0.3) is 0 Å². The summed E-state index contributed by atoms with van der Waals surface area (Å²) in [6.07, 6.45) is 5.30. The summed E-state index contributed by atoms with van der Waals surface area (Å²) in [7, 11) is 3.24. The zero-order valence-electron chi connectivity index (χ0n) is 14.8. The Kier molecular flexibility index (Phi) is 5.82. The van der Waals surface area contributed by atoms with E-state index in [4.69, 9.17) is 9.47 Å². The lowest BCUT2D eigenvalue weighted by Gasteiger charge is -2.11. The summed E-state index contributed by atoms with van der Waals surface area (Å²) in [5.41, 5.74) is 2.13. The molecular weight excluding hydrogens is 330 g/mol. The first-order valence-electron chi connectivity index (χ1n) is 8.19. The Labute approximate surface area is 152 Å². The average molecular weight is 351 g/mol.